The average molecular weight is 264 g/mol. The fourth-order valence-electron chi connectivity index (χ4n) is 0.741. The third kappa shape index (κ3) is 4.70. The smallest absolute Gasteiger partial charge is 0.328 e. The van der Waals surface area contributed by atoms with Gasteiger partial charge in [0, 0.05) is 10.5 Å². The Labute approximate surface area is 90.8 Å². The summed E-state index contributed by atoms with van der Waals surface area (Å²) in [5.74, 6) is -0.932. The Balaban J connectivity index is 0.00000144. The Morgan fingerprint density at radius 2 is 1.85 bits per heavy atom. The van der Waals surface area contributed by atoms with Crippen molar-refractivity contribution in [3.05, 3.63) is 40.4 Å². The van der Waals surface area contributed by atoms with Gasteiger partial charge in [-0.05, 0) is 23.8 Å². The SMILES string of the molecule is Cl.O=C(O)C=Cc1ccc(Br)cc1. The molecule has 0 aliphatic rings. The maximum absolute atomic E-state index is 10.1. The van der Waals surface area contributed by atoms with Crippen molar-refractivity contribution in [2.24, 2.45) is 0 Å². The average Bonchev–Trinajstić information content (AvgIpc) is 2.03. The molecule has 70 valence electrons. The van der Waals surface area contributed by atoms with Gasteiger partial charge < -0.3 is 5.11 Å². The molecular weight excluding hydrogens is 255 g/mol. The molecule has 1 aromatic rings. The number of rotatable bonds is 2. The molecule has 4 heteroatoms. The fourth-order valence-corrected chi connectivity index (χ4v) is 1.01. The molecule has 0 atom stereocenters. The number of benzene rings is 1. The van der Waals surface area contributed by atoms with Crippen LogP contribution in [-0.2, 0) is 4.79 Å². The van der Waals surface area contributed by atoms with Crippen LogP contribution < -0.4 is 0 Å². The predicted molar refractivity (Wildman–Crippen MR) is 58.1 cm³/mol. The molecule has 0 amide bonds. The number of carbonyl (C=O) groups is 1. The zero-order chi connectivity index (χ0) is 8.97. The highest BCUT2D eigenvalue weighted by atomic mass is 79.9. The van der Waals surface area contributed by atoms with Gasteiger partial charge in [-0.2, -0.15) is 0 Å². The molecule has 13 heavy (non-hydrogen) atoms. The Morgan fingerprint density at radius 3 is 2.31 bits per heavy atom. The second-order valence-corrected chi connectivity index (χ2v) is 3.14. The molecule has 0 fully saturated rings. The topological polar surface area (TPSA) is 37.3 Å². The van der Waals surface area contributed by atoms with Crippen LogP contribution in [0.15, 0.2) is 34.8 Å². The molecule has 0 saturated heterocycles. The van der Waals surface area contributed by atoms with Gasteiger partial charge in [0.1, 0.15) is 0 Å². The van der Waals surface area contributed by atoms with E-state index in [2.05, 4.69) is 15.9 Å². The van der Waals surface area contributed by atoms with Gasteiger partial charge in [-0.25, -0.2) is 4.79 Å². The summed E-state index contributed by atoms with van der Waals surface area (Å²) >= 11 is 3.29. The second kappa shape index (κ2) is 5.78. The molecule has 0 aromatic heterocycles. The van der Waals surface area contributed by atoms with E-state index in [1.54, 1.807) is 6.08 Å². The first kappa shape index (κ1) is 12.2. The van der Waals surface area contributed by atoms with Crippen LogP contribution in [0.4, 0.5) is 0 Å². The monoisotopic (exact) mass is 262 g/mol. The first-order valence-electron chi connectivity index (χ1n) is 3.35. The summed E-state index contributed by atoms with van der Waals surface area (Å²) in [6.45, 7) is 0. The van der Waals surface area contributed by atoms with Crippen molar-refractivity contribution in [1.82, 2.24) is 0 Å². The quantitative estimate of drug-likeness (QED) is 0.833. The molecule has 0 spiro atoms. The van der Waals surface area contributed by atoms with E-state index in [1.165, 1.54) is 0 Å². The number of aliphatic carboxylic acids is 1. The van der Waals surface area contributed by atoms with E-state index >= 15 is 0 Å². The first-order chi connectivity index (χ1) is 5.68. The third-order valence-electron chi connectivity index (χ3n) is 1.29. The lowest BCUT2D eigenvalue weighted by atomic mass is 10.2. The summed E-state index contributed by atoms with van der Waals surface area (Å²) < 4.78 is 0.981. The zero-order valence-electron chi connectivity index (χ0n) is 6.61. The van der Waals surface area contributed by atoms with Crippen molar-refractivity contribution >= 4 is 40.4 Å². The van der Waals surface area contributed by atoms with Crippen molar-refractivity contribution in [3.8, 4) is 0 Å². The number of halogens is 2. The van der Waals surface area contributed by atoms with Gasteiger partial charge in [0.25, 0.3) is 0 Å². The minimum atomic E-state index is -0.932. The highest BCUT2D eigenvalue weighted by Crippen LogP contribution is 2.11. The normalized spacial score (nSPS) is 9.62. The number of carboxylic acid groups (broad SMARTS) is 1. The zero-order valence-corrected chi connectivity index (χ0v) is 9.01. The maximum Gasteiger partial charge on any atom is 0.328 e. The molecule has 0 unspecified atom stereocenters. The molecular formula is C9H8BrClO2. The van der Waals surface area contributed by atoms with Crippen LogP contribution in [0, 0.1) is 0 Å². The van der Waals surface area contributed by atoms with E-state index in [9.17, 15) is 4.79 Å². The van der Waals surface area contributed by atoms with Gasteiger partial charge in [0.2, 0.25) is 0 Å². The van der Waals surface area contributed by atoms with Gasteiger partial charge >= 0.3 is 5.97 Å². The highest BCUT2D eigenvalue weighted by molar-refractivity contribution is 9.10. The van der Waals surface area contributed by atoms with Crippen molar-refractivity contribution in [3.63, 3.8) is 0 Å². The molecule has 0 aliphatic heterocycles. The molecule has 0 saturated carbocycles. The number of carboxylic acids is 1. The van der Waals surface area contributed by atoms with Crippen molar-refractivity contribution in [2.75, 3.05) is 0 Å². The van der Waals surface area contributed by atoms with E-state index in [0.29, 0.717) is 0 Å². The van der Waals surface area contributed by atoms with Crippen LogP contribution in [0.1, 0.15) is 5.56 Å². The lowest BCUT2D eigenvalue weighted by Crippen LogP contribution is -1.85. The van der Waals surface area contributed by atoms with Gasteiger partial charge in [-0.15, -0.1) is 12.4 Å². The maximum atomic E-state index is 10.1. The molecule has 1 rings (SSSR count). The first-order valence-corrected chi connectivity index (χ1v) is 4.14. The number of hydrogen-bond acceptors (Lipinski definition) is 1. The van der Waals surface area contributed by atoms with Crippen LogP contribution in [0.3, 0.4) is 0 Å². The Morgan fingerprint density at radius 1 is 1.31 bits per heavy atom. The second-order valence-electron chi connectivity index (χ2n) is 2.22. The van der Waals surface area contributed by atoms with Gasteiger partial charge in [0.05, 0.1) is 0 Å². The molecule has 0 bridgehead atoms. The minimum absolute atomic E-state index is 0. The summed E-state index contributed by atoms with van der Waals surface area (Å²) in [5, 5.41) is 8.33. The van der Waals surface area contributed by atoms with Crippen molar-refractivity contribution in [2.45, 2.75) is 0 Å². The largest absolute Gasteiger partial charge is 0.478 e. The summed E-state index contributed by atoms with van der Waals surface area (Å²) in [5.41, 5.74) is 0.876. The Hall–Kier alpha value is -0.800. The van der Waals surface area contributed by atoms with Crippen LogP contribution in [-0.4, -0.2) is 11.1 Å². The molecule has 2 nitrogen and oxygen atoms in total. The minimum Gasteiger partial charge on any atom is -0.478 e. The molecule has 0 aliphatic carbocycles. The lowest BCUT2D eigenvalue weighted by Gasteiger charge is -1.91. The van der Waals surface area contributed by atoms with Crippen LogP contribution in [0.25, 0.3) is 6.08 Å². The third-order valence-corrected chi connectivity index (χ3v) is 1.82. The van der Waals surface area contributed by atoms with Crippen molar-refractivity contribution < 1.29 is 9.90 Å². The van der Waals surface area contributed by atoms with Crippen LogP contribution in [0.5, 0.6) is 0 Å². The summed E-state index contributed by atoms with van der Waals surface area (Å²) in [7, 11) is 0. The molecule has 0 heterocycles. The van der Waals surface area contributed by atoms with E-state index in [0.717, 1.165) is 16.1 Å². The standard InChI is InChI=1S/C9H7BrO2.ClH/c10-8-4-1-7(2-5-8)3-6-9(11)12;/h1-6H,(H,11,12);1H. The summed E-state index contributed by atoms with van der Waals surface area (Å²) in [4.78, 5) is 10.1. The summed E-state index contributed by atoms with van der Waals surface area (Å²) in [6, 6.07) is 7.40. The Kier molecular flexibility index (Phi) is 5.42. The fraction of sp³-hybridized carbons (Fsp3) is 0. The van der Waals surface area contributed by atoms with Gasteiger partial charge in [-0.1, -0.05) is 28.1 Å². The summed E-state index contributed by atoms with van der Waals surface area (Å²) in [6.07, 6.45) is 2.66. The molecule has 0 radical (unpaired) electrons. The Bertz CT molecular complexity index is 306. The van der Waals surface area contributed by atoms with Crippen molar-refractivity contribution in [1.29, 1.82) is 0 Å². The lowest BCUT2D eigenvalue weighted by molar-refractivity contribution is -0.131. The van der Waals surface area contributed by atoms with Gasteiger partial charge in [0.15, 0.2) is 0 Å². The molecule has 1 N–H and O–H groups in total. The highest BCUT2D eigenvalue weighted by Gasteiger charge is 1.89. The van der Waals surface area contributed by atoms with E-state index < -0.39 is 5.97 Å². The van der Waals surface area contributed by atoms with E-state index in [-0.39, 0.29) is 12.4 Å². The predicted octanol–water partition coefficient (Wildman–Crippen LogP) is 2.97. The van der Waals surface area contributed by atoms with Crippen LogP contribution in [0.2, 0.25) is 0 Å². The molecule has 1 aromatic carbocycles. The number of hydrogen-bond donors (Lipinski definition) is 1. The van der Waals surface area contributed by atoms with Gasteiger partial charge in [-0.3, -0.25) is 0 Å². The van der Waals surface area contributed by atoms with E-state index in [4.69, 9.17) is 5.11 Å². The van der Waals surface area contributed by atoms with Crippen LogP contribution >= 0.6 is 28.3 Å². The van der Waals surface area contributed by atoms with E-state index in [1.807, 2.05) is 24.3 Å².